The minimum Gasteiger partial charge on any atom is -0.465 e. The predicted molar refractivity (Wildman–Crippen MR) is 107 cm³/mol. The van der Waals surface area contributed by atoms with Crippen LogP contribution in [0.2, 0.25) is 10.0 Å². The van der Waals surface area contributed by atoms with Crippen LogP contribution in [0.4, 0.5) is 5.69 Å². The molecule has 0 spiro atoms. The number of hydrogen-bond donors (Lipinski definition) is 0. The van der Waals surface area contributed by atoms with Crippen molar-refractivity contribution in [3.05, 3.63) is 56.1 Å². The van der Waals surface area contributed by atoms with Crippen LogP contribution in [0.1, 0.15) is 6.92 Å². The molecular weight excluding hydrogens is 500 g/mol. The van der Waals surface area contributed by atoms with Crippen molar-refractivity contribution in [2.24, 2.45) is 0 Å². The SMILES string of the molecule is CCOC(=O)CN(c1ccccc1I)S(=O)(=O)c1cc(Cl)ccc1Cl. The highest BCUT2D eigenvalue weighted by molar-refractivity contribution is 14.1. The average molecular weight is 514 g/mol. The summed E-state index contributed by atoms with van der Waals surface area (Å²) >= 11 is 14.0. The summed E-state index contributed by atoms with van der Waals surface area (Å²) in [6.45, 7) is 1.33. The molecule has 5 nitrogen and oxygen atoms in total. The van der Waals surface area contributed by atoms with Crippen molar-refractivity contribution < 1.29 is 17.9 Å². The molecule has 0 atom stereocenters. The van der Waals surface area contributed by atoms with Gasteiger partial charge in [0.1, 0.15) is 11.4 Å². The van der Waals surface area contributed by atoms with E-state index >= 15 is 0 Å². The monoisotopic (exact) mass is 513 g/mol. The number of para-hydroxylation sites is 1. The number of halogens is 3. The zero-order chi connectivity index (χ0) is 18.6. The van der Waals surface area contributed by atoms with Crippen molar-refractivity contribution >= 4 is 67.5 Å². The number of esters is 1. The smallest absolute Gasteiger partial charge is 0.326 e. The Kier molecular flexibility index (Phi) is 6.95. The molecule has 0 heterocycles. The normalized spacial score (nSPS) is 11.2. The van der Waals surface area contributed by atoms with Gasteiger partial charge in [-0.15, -0.1) is 0 Å². The van der Waals surface area contributed by atoms with E-state index in [0.29, 0.717) is 9.26 Å². The van der Waals surface area contributed by atoms with Gasteiger partial charge in [-0.1, -0.05) is 35.3 Å². The van der Waals surface area contributed by atoms with Gasteiger partial charge in [0.15, 0.2) is 0 Å². The lowest BCUT2D eigenvalue weighted by atomic mass is 10.3. The molecule has 0 amide bonds. The fourth-order valence-electron chi connectivity index (χ4n) is 2.07. The lowest BCUT2D eigenvalue weighted by Gasteiger charge is -2.25. The van der Waals surface area contributed by atoms with Crippen LogP contribution in [-0.4, -0.2) is 27.5 Å². The molecule has 0 aliphatic rings. The Hall–Kier alpha value is -1.03. The molecule has 0 aromatic heterocycles. The Bertz CT molecular complexity index is 889. The fourth-order valence-corrected chi connectivity index (χ4v) is 5.08. The Morgan fingerprint density at radius 2 is 1.88 bits per heavy atom. The number of rotatable bonds is 6. The molecule has 0 radical (unpaired) electrons. The summed E-state index contributed by atoms with van der Waals surface area (Å²) in [5.41, 5.74) is 0.354. The standard InChI is InChI=1S/C16H14Cl2INO4S/c1-2-24-16(21)10-20(14-6-4-3-5-13(14)19)25(22,23)15-9-11(17)7-8-12(15)18/h3-9H,2,10H2,1H3. The van der Waals surface area contributed by atoms with Gasteiger partial charge in [-0.05, 0) is 59.8 Å². The maximum atomic E-state index is 13.2. The third kappa shape index (κ3) is 4.78. The quantitative estimate of drug-likeness (QED) is 0.425. The topological polar surface area (TPSA) is 63.7 Å². The van der Waals surface area contributed by atoms with Crippen molar-refractivity contribution in [1.29, 1.82) is 0 Å². The van der Waals surface area contributed by atoms with E-state index in [9.17, 15) is 13.2 Å². The fraction of sp³-hybridized carbons (Fsp3) is 0.188. The van der Waals surface area contributed by atoms with E-state index in [2.05, 4.69) is 0 Å². The third-order valence-electron chi connectivity index (χ3n) is 3.16. The van der Waals surface area contributed by atoms with Crippen LogP contribution in [-0.2, 0) is 19.6 Å². The van der Waals surface area contributed by atoms with E-state index in [0.717, 1.165) is 4.31 Å². The first-order valence-electron chi connectivity index (χ1n) is 7.15. The molecule has 0 N–H and O–H groups in total. The number of nitrogens with zero attached hydrogens (tertiary/aromatic N) is 1. The van der Waals surface area contributed by atoms with Gasteiger partial charge >= 0.3 is 5.97 Å². The lowest BCUT2D eigenvalue weighted by molar-refractivity contribution is -0.141. The van der Waals surface area contributed by atoms with Gasteiger partial charge in [-0.2, -0.15) is 0 Å². The number of benzene rings is 2. The lowest BCUT2D eigenvalue weighted by Crippen LogP contribution is -2.37. The molecule has 134 valence electrons. The largest absolute Gasteiger partial charge is 0.465 e. The molecule has 0 saturated carbocycles. The van der Waals surface area contributed by atoms with Gasteiger partial charge < -0.3 is 4.74 Å². The highest BCUT2D eigenvalue weighted by Crippen LogP contribution is 2.32. The molecule has 0 bridgehead atoms. The Morgan fingerprint density at radius 1 is 1.20 bits per heavy atom. The van der Waals surface area contributed by atoms with Crippen LogP contribution in [0.15, 0.2) is 47.4 Å². The number of hydrogen-bond acceptors (Lipinski definition) is 4. The summed E-state index contributed by atoms with van der Waals surface area (Å²) in [6, 6.07) is 10.9. The minimum atomic E-state index is -4.13. The van der Waals surface area contributed by atoms with E-state index in [4.69, 9.17) is 27.9 Å². The highest BCUT2D eigenvalue weighted by Gasteiger charge is 2.31. The second-order valence-corrected chi connectivity index (χ2v) is 8.68. The zero-order valence-corrected chi connectivity index (χ0v) is 17.6. The Morgan fingerprint density at radius 3 is 2.52 bits per heavy atom. The van der Waals surface area contributed by atoms with Crippen LogP contribution in [0, 0.1) is 3.57 Å². The van der Waals surface area contributed by atoms with Crippen LogP contribution in [0.3, 0.4) is 0 Å². The van der Waals surface area contributed by atoms with Gasteiger partial charge in [0.05, 0.1) is 17.3 Å². The molecule has 25 heavy (non-hydrogen) atoms. The summed E-state index contributed by atoms with van der Waals surface area (Å²) in [5, 5.41) is 0.242. The number of ether oxygens (including phenoxy) is 1. The number of carbonyl (C=O) groups is 1. The van der Waals surface area contributed by atoms with Crippen molar-refractivity contribution in [2.75, 3.05) is 17.5 Å². The van der Waals surface area contributed by atoms with Crippen molar-refractivity contribution in [3.8, 4) is 0 Å². The first-order valence-corrected chi connectivity index (χ1v) is 10.4. The molecule has 2 rings (SSSR count). The number of carbonyl (C=O) groups excluding carboxylic acids is 1. The van der Waals surface area contributed by atoms with Gasteiger partial charge in [-0.25, -0.2) is 8.42 Å². The highest BCUT2D eigenvalue weighted by atomic mass is 127. The van der Waals surface area contributed by atoms with Gasteiger partial charge in [0.25, 0.3) is 10.0 Å². The summed E-state index contributed by atoms with van der Waals surface area (Å²) in [6.07, 6.45) is 0. The van der Waals surface area contributed by atoms with Crippen LogP contribution >= 0.6 is 45.8 Å². The second-order valence-electron chi connectivity index (χ2n) is 4.84. The first kappa shape index (κ1) is 20.3. The first-order chi connectivity index (χ1) is 11.8. The number of sulfonamides is 1. The summed E-state index contributed by atoms with van der Waals surface area (Å²) in [5.74, 6) is -0.663. The summed E-state index contributed by atoms with van der Waals surface area (Å²) < 4.78 is 32.9. The van der Waals surface area contributed by atoms with Gasteiger partial charge in [0.2, 0.25) is 0 Å². The average Bonchev–Trinajstić information content (AvgIpc) is 2.56. The van der Waals surface area contributed by atoms with Crippen LogP contribution in [0.25, 0.3) is 0 Å². The molecule has 9 heteroatoms. The molecule has 0 fully saturated rings. The Balaban J connectivity index is 2.59. The maximum Gasteiger partial charge on any atom is 0.326 e. The third-order valence-corrected chi connectivity index (χ3v) is 6.55. The molecule has 0 saturated heterocycles. The molecular formula is C16H14Cl2INO4S. The van der Waals surface area contributed by atoms with Crippen molar-refractivity contribution in [1.82, 2.24) is 0 Å². The maximum absolute atomic E-state index is 13.2. The molecule has 0 unspecified atom stereocenters. The van der Waals surface area contributed by atoms with Gasteiger partial charge in [-0.3, -0.25) is 9.10 Å². The van der Waals surface area contributed by atoms with E-state index in [-0.39, 0.29) is 21.5 Å². The molecule has 0 aliphatic carbocycles. The molecule has 2 aromatic rings. The van der Waals surface area contributed by atoms with E-state index < -0.39 is 22.5 Å². The summed E-state index contributed by atoms with van der Waals surface area (Å²) in [4.78, 5) is 11.8. The minimum absolute atomic E-state index is 0.0178. The van der Waals surface area contributed by atoms with Gasteiger partial charge in [0, 0.05) is 8.59 Å². The summed E-state index contributed by atoms with van der Waals surface area (Å²) in [7, 11) is -4.13. The molecule has 0 aliphatic heterocycles. The zero-order valence-electron chi connectivity index (χ0n) is 13.1. The van der Waals surface area contributed by atoms with E-state index in [1.54, 1.807) is 31.2 Å². The Labute approximate surface area is 170 Å². The molecule has 2 aromatic carbocycles. The predicted octanol–water partition coefficient (Wildman–Crippen LogP) is 4.36. The van der Waals surface area contributed by atoms with Crippen LogP contribution < -0.4 is 4.31 Å². The van der Waals surface area contributed by atoms with Crippen LogP contribution in [0.5, 0.6) is 0 Å². The van der Waals surface area contributed by atoms with Crippen molar-refractivity contribution in [2.45, 2.75) is 11.8 Å². The van der Waals surface area contributed by atoms with E-state index in [1.807, 2.05) is 22.6 Å². The van der Waals surface area contributed by atoms with E-state index in [1.165, 1.54) is 18.2 Å². The number of anilines is 1. The van der Waals surface area contributed by atoms with Crippen molar-refractivity contribution in [3.63, 3.8) is 0 Å². The second kappa shape index (κ2) is 8.57.